The minimum Gasteiger partial charge on any atom is -0.365 e. The number of carbonyl (C=O) groups is 1. The van der Waals surface area contributed by atoms with Crippen LogP contribution in [0.4, 0.5) is 10.2 Å². The molecule has 2 aromatic carbocycles. The molecule has 5 nitrogen and oxygen atoms in total. The van der Waals surface area contributed by atoms with Gasteiger partial charge in [0.2, 0.25) is 0 Å². The molecule has 0 saturated heterocycles. The Morgan fingerprint density at radius 2 is 1.93 bits per heavy atom. The van der Waals surface area contributed by atoms with Gasteiger partial charge in [-0.25, -0.2) is 9.37 Å². The average Bonchev–Trinajstić information content (AvgIpc) is 2.73. The first kappa shape index (κ1) is 19.1. The van der Waals surface area contributed by atoms with E-state index in [0.717, 1.165) is 11.1 Å². The summed E-state index contributed by atoms with van der Waals surface area (Å²) < 4.78 is 13.0. The van der Waals surface area contributed by atoms with Crippen molar-refractivity contribution in [1.82, 2.24) is 9.88 Å². The molecule has 0 aliphatic rings. The molecule has 0 aliphatic heterocycles. The van der Waals surface area contributed by atoms with E-state index in [9.17, 15) is 9.18 Å². The highest BCUT2D eigenvalue weighted by Gasteiger charge is 2.13. The van der Waals surface area contributed by atoms with Crippen molar-refractivity contribution in [3.05, 3.63) is 94.9 Å². The topological polar surface area (TPSA) is 69.0 Å². The Labute approximate surface area is 163 Å². The van der Waals surface area contributed by atoms with E-state index in [4.69, 9.17) is 5.26 Å². The van der Waals surface area contributed by atoms with Crippen LogP contribution in [0, 0.1) is 17.1 Å². The Balaban J connectivity index is 1.67. The van der Waals surface area contributed by atoms with Crippen LogP contribution in [0.5, 0.6) is 0 Å². The Morgan fingerprint density at radius 1 is 1.14 bits per heavy atom. The summed E-state index contributed by atoms with van der Waals surface area (Å²) in [6.45, 7) is 0.829. The smallest absolute Gasteiger partial charge is 0.253 e. The van der Waals surface area contributed by atoms with E-state index in [1.54, 1.807) is 48.5 Å². The lowest BCUT2D eigenvalue weighted by Crippen LogP contribution is -2.26. The average molecular weight is 374 g/mol. The Morgan fingerprint density at radius 3 is 2.68 bits per heavy atom. The minimum atomic E-state index is -0.301. The Bertz CT molecular complexity index is 1010. The monoisotopic (exact) mass is 374 g/mol. The molecule has 0 bridgehead atoms. The number of hydrogen-bond donors (Lipinski definition) is 1. The Hall–Kier alpha value is -3.72. The molecular formula is C22H19FN4O. The summed E-state index contributed by atoms with van der Waals surface area (Å²) >= 11 is 0. The van der Waals surface area contributed by atoms with Gasteiger partial charge in [-0.1, -0.05) is 24.3 Å². The zero-order valence-electron chi connectivity index (χ0n) is 15.4. The number of aromatic nitrogens is 1. The van der Waals surface area contributed by atoms with Crippen LogP contribution in [-0.2, 0) is 13.1 Å². The van der Waals surface area contributed by atoms with Crippen LogP contribution in [0.25, 0.3) is 0 Å². The quantitative estimate of drug-likeness (QED) is 0.709. The first-order chi connectivity index (χ1) is 13.6. The van der Waals surface area contributed by atoms with Crippen molar-refractivity contribution in [2.75, 3.05) is 12.4 Å². The molecule has 0 aliphatic carbocycles. The van der Waals surface area contributed by atoms with Crippen LogP contribution < -0.4 is 5.32 Å². The first-order valence-corrected chi connectivity index (χ1v) is 8.74. The molecule has 3 rings (SSSR count). The fourth-order valence-corrected chi connectivity index (χ4v) is 2.79. The van der Waals surface area contributed by atoms with Crippen LogP contribution >= 0.6 is 0 Å². The fraction of sp³-hybridized carbons (Fsp3) is 0.136. The number of amides is 1. The highest BCUT2D eigenvalue weighted by atomic mass is 19.1. The second-order valence-electron chi connectivity index (χ2n) is 6.35. The van der Waals surface area contributed by atoms with E-state index in [1.807, 2.05) is 18.2 Å². The van der Waals surface area contributed by atoms with Crippen molar-refractivity contribution in [2.24, 2.45) is 0 Å². The van der Waals surface area contributed by atoms with Crippen LogP contribution in [0.3, 0.4) is 0 Å². The standard InChI is InChI=1S/C22H19FN4O/c1-27(15-16-7-9-20(23)10-8-16)22(28)18-5-2-4-17(12-18)14-26-21-19(13-24)6-3-11-25-21/h2-12H,14-15H2,1H3,(H,25,26). The van der Waals surface area contributed by atoms with Gasteiger partial charge in [-0.05, 0) is 47.5 Å². The minimum absolute atomic E-state index is 0.123. The van der Waals surface area contributed by atoms with Crippen molar-refractivity contribution in [2.45, 2.75) is 13.1 Å². The van der Waals surface area contributed by atoms with Crippen molar-refractivity contribution in [3.63, 3.8) is 0 Å². The highest BCUT2D eigenvalue weighted by Crippen LogP contribution is 2.14. The SMILES string of the molecule is CN(Cc1ccc(F)cc1)C(=O)c1cccc(CNc2ncccc2C#N)c1. The third kappa shape index (κ3) is 4.71. The number of nitrogens with one attached hydrogen (secondary N) is 1. The molecule has 6 heteroatoms. The first-order valence-electron chi connectivity index (χ1n) is 8.74. The van der Waals surface area contributed by atoms with Gasteiger partial charge in [0.15, 0.2) is 0 Å². The summed E-state index contributed by atoms with van der Waals surface area (Å²) in [4.78, 5) is 18.5. The number of carbonyl (C=O) groups excluding carboxylic acids is 1. The fourth-order valence-electron chi connectivity index (χ4n) is 2.79. The number of pyridine rings is 1. The van der Waals surface area contributed by atoms with Gasteiger partial charge in [-0.3, -0.25) is 4.79 Å². The second kappa shape index (κ2) is 8.78. The molecule has 0 saturated carbocycles. The number of rotatable bonds is 6. The molecule has 0 atom stereocenters. The third-order valence-corrected chi connectivity index (χ3v) is 4.24. The zero-order chi connectivity index (χ0) is 19.9. The van der Waals surface area contributed by atoms with Crippen LogP contribution in [-0.4, -0.2) is 22.8 Å². The molecule has 3 aromatic rings. The van der Waals surface area contributed by atoms with Gasteiger partial charge in [0.05, 0.1) is 5.56 Å². The summed E-state index contributed by atoms with van der Waals surface area (Å²) in [5.74, 6) is 0.0854. The number of halogens is 1. The van der Waals surface area contributed by atoms with E-state index in [0.29, 0.717) is 30.0 Å². The van der Waals surface area contributed by atoms with Gasteiger partial charge in [-0.15, -0.1) is 0 Å². The molecule has 28 heavy (non-hydrogen) atoms. The molecular weight excluding hydrogens is 355 g/mol. The predicted octanol–water partition coefficient (Wildman–Crippen LogP) is 3.98. The largest absolute Gasteiger partial charge is 0.365 e. The number of nitriles is 1. The highest BCUT2D eigenvalue weighted by molar-refractivity contribution is 5.94. The lowest BCUT2D eigenvalue weighted by atomic mass is 10.1. The number of nitrogens with zero attached hydrogens (tertiary/aromatic N) is 3. The van der Waals surface area contributed by atoms with Gasteiger partial charge in [-0.2, -0.15) is 5.26 Å². The van der Waals surface area contributed by atoms with Gasteiger partial charge < -0.3 is 10.2 Å². The van der Waals surface area contributed by atoms with Gasteiger partial charge in [0.1, 0.15) is 17.7 Å². The van der Waals surface area contributed by atoms with Crippen molar-refractivity contribution in [1.29, 1.82) is 5.26 Å². The lowest BCUT2D eigenvalue weighted by molar-refractivity contribution is 0.0785. The maximum atomic E-state index is 13.0. The molecule has 0 radical (unpaired) electrons. The van der Waals surface area contributed by atoms with Gasteiger partial charge >= 0.3 is 0 Å². The molecule has 1 heterocycles. The number of anilines is 1. The van der Waals surface area contributed by atoms with E-state index in [-0.39, 0.29) is 11.7 Å². The lowest BCUT2D eigenvalue weighted by Gasteiger charge is -2.18. The van der Waals surface area contributed by atoms with E-state index < -0.39 is 0 Å². The third-order valence-electron chi connectivity index (χ3n) is 4.24. The summed E-state index contributed by atoms with van der Waals surface area (Å²) in [5, 5.41) is 12.3. The van der Waals surface area contributed by atoms with Crippen molar-refractivity contribution in [3.8, 4) is 6.07 Å². The zero-order valence-corrected chi connectivity index (χ0v) is 15.4. The van der Waals surface area contributed by atoms with E-state index in [2.05, 4.69) is 16.4 Å². The number of hydrogen-bond acceptors (Lipinski definition) is 4. The Kier molecular flexibility index (Phi) is 5.97. The molecule has 1 aromatic heterocycles. The van der Waals surface area contributed by atoms with Gasteiger partial charge in [0.25, 0.3) is 5.91 Å². The van der Waals surface area contributed by atoms with Crippen molar-refractivity contribution < 1.29 is 9.18 Å². The van der Waals surface area contributed by atoms with E-state index >= 15 is 0 Å². The predicted molar refractivity (Wildman–Crippen MR) is 105 cm³/mol. The molecule has 0 fully saturated rings. The number of benzene rings is 2. The molecule has 0 spiro atoms. The van der Waals surface area contributed by atoms with Gasteiger partial charge in [0, 0.05) is 31.9 Å². The maximum absolute atomic E-state index is 13.0. The van der Waals surface area contributed by atoms with Crippen LogP contribution in [0.2, 0.25) is 0 Å². The summed E-state index contributed by atoms with van der Waals surface area (Å²) in [6.07, 6.45) is 1.62. The second-order valence-corrected chi connectivity index (χ2v) is 6.35. The molecule has 0 unspecified atom stereocenters. The normalized spacial score (nSPS) is 10.2. The van der Waals surface area contributed by atoms with Crippen molar-refractivity contribution >= 4 is 11.7 Å². The van der Waals surface area contributed by atoms with Crippen LogP contribution in [0.1, 0.15) is 27.0 Å². The molecule has 1 N–H and O–H groups in total. The molecule has 1 amide bonds. The summed E-state index contributed by atoms with van der Waals surface area (Å²) in [5.41, 5.74) is 2.78. The molecule has 140 valence electrons. The van der Waals surface area contributed by atoms with E-state index in [1.165, 1.54) is 12.1 Å². The summed E-state index contributed by atoms with van der Waals surface area (Å²) in [6, 6.07) is 18.9. The van der Waals surface area contributed by atoms with Crippen LogP contribution in [0.15, 0.2) is 66.9 Å². The summed E-state index contributed by atoms with van der Waals surface area (Å²) in [7, 11) is 1.71. The maximum Gasteiger partial charge on any atom is 0.253 e.